The van der Waals surface area contributed by atoms with Crippen LogP contribution in [0, 0.1) is 12.8 Å². The lowest BCUT2D eigenvalue weighted by Crippen LogP contribution is -2.34. The Hall–Kier alpha value is -2.73. The van der Waals surface area contributed by atoms with E-state index in [1.54, 1.807) is 32.4 Å². The van der Waals surface area contributed by atoms with Gasteiger partial charge in [-0.3, -0.25) is 4.90 Å². The van der Waals surface area contributed by atoms with Crippen LogP contribution in [0.2, 0.25) is 0 Å². The van der Waals surface area contributed by atoms with Gasteiger partial charge in [-0.05, 0) is 43.5 Å². The number of urea groups is 1. The third-order valence-corrected chi connectivity index (χ3v) is 5.10. The van der Waals surface area contributed by atoms with E-state index in [9.17, 15) is 4.79 Å². The van der Waals surface area contributed by atoms with Crippen LogP contribution in [0.15, 0.2) is 42.5 Å². The number of nitrogens with zero attached hydrogens (tertiary/aromatic N) is 1. The summed E-state index contributed by atoms with van der Waals surface area (Å²) in [6.07, 6.45) is 1.10. The molecule has 2 N–H and O–H groups in total. The first-order chi connectivity index (χ1) is 13.6. The average Bonchev–Trinajstić information content (AvgIpc) is 3.16. The van der Waals surface area contributed by atoms with Crippen LogP contribution in [-0.4, -0.2) is 44.8 Å². The molecule has 6 nitrogen and oxygen atoms in total. The fourth-order valence-corrected chi connectivity index (χ4v) is 3.48. The Bertz CT molecular complexity index is 792. The van der Waals surface area contributed by atoms with Gasteiger partial charge in [0.15, 0.2) is 0 Å². The van der Waals surface area contributed by atoms with Gasteiger partial charge in [0.05, 0.1) is 19.9 Å². The van der Waals surface area contributed by atoms with Gasteiger partial charge in [0.1, 0.15) is 11.5 Å². The second kappa shape index (κ2) is 9.46. The molecule has 0 aliphatic carbocycles. The molecule has 1 atom stereocenters. The molecule has 1 heterocycles. The van der Waals surface area contributed by atoms with Gasteiger partial charge in [-0.2, -0.15) is 0 Å². The van der Waals surface area contributed by atoms with Crippen molar-refractivity contribution in [2.45, 2.75) is 19.9 Å². The Balaban J connectivity index is 1.44. The zero-order valence-electron chi connectivity index (χ0n) is 16.8. The van der Waals surface area contributed by atoms with Gasteiger partial charge in [0.25, 0.3) is 0 Å². The standard InChI is InChI=1S/C22H29N3O3/c1-16-4-6-17(7-5-16)14-25-11-10-18(15-25)13-23-22(26)24-20-9-8-19(27-2)12-21(20)28-3/h4-9,12,18H,10-11,13-15H2,1-3H3,(H2,23,24,26). The molecule has 1 fully saturated rings. The summed E-state index contributed by atoms with van der Waals surface area (Å²) >= 11 is 0. The topological polar surface area (TPSA) is 62.8 Å². The van der Waals surface area contributed by atoms with Crippen LogP contribution >= 0.6 is 0 Å². The lowest BCUT2D eigenvalue weighted by atomic mass is 10.1. The molecule has 2 amide bonds. The summed E-state index contributed by atoms with van der Waals surface area (Å²) in [7, 11) is 3.16. The highest BCUT2D eigenvalue weighted by Gasteiger charge is 2.23. The highest BCUT2D eigenvalue weighted by molar-refractivity contribution is 5.91. The van der Waals surface area contributed by atoms with Gasteiger partial charge in [0, 0.05) is 25.7 Å². The molecule has 1 aliphatic rings. The van der Waals surface area contributed by atoms with Crippen LogP contribution in [0.5, 0.6) is 11.5 Å². The number of hydrogen-bond donors (Lipinski definition) is 2. The van der Waals surface area contributed by atoms with E-state index in [0.717, 1.165) is 26.1 Å². The van der Waals surface area contributed by atoms with Gasteiger partial charge >= 0.3 is 6.03 Å². The third kappa shape index (κ3) is 5.39. The lowest BCUT2D eigenvalue weighted by molar-refractivity contribution is 0.249. The third-order valence-electron chi connectivity index (χ3n) is 5.10. The van der Waals surface area contributed by atoms with E-state index in [1.165, 1.54) is 11.1 Å². The number of amides is 2. The molecule has 6 heteroatoms. The number of rotatable bonds is 7. The molecule has 28 heavy (non-hydrogen) atoms. The number of hydrogen-bond acceptors (Lipinski definition) is 4. The van der Waals surface area contributed by atoms with Crippen LogP contribution in [-0.2, 0) is 6.54 Å². The molecule has 0 bridgehead atoms. The Kier molecular flexibility index (Phi) is 6.76. The van der Waals surface area contributed by atoms with Gasteiger partial charge in [-0.1, -0.05) is 29.8 Å². The van der Waals surface area contributed by atoms with Crippen molar-refractivity contribution in [2.24, 2.45) is 5.92 Å². The highest BCUT2D eigenvalue weighted by Crippen LogP contribution is 2.29. The molecule has 1 saturated heterocycles. The fraction of sp³-hybridized carbons (Fsp3) is 0.409. The van der Waals surface area contributed by atoms with E-state index < -0.39 is 0 Å². The summed E-state index contributed by atoms with van der Waals surface area (Å²) in [6.45, 7) is 5.79. The number of methoxy groups -OCH3 is 2. The molecular formula is C22H29N3O3. The minimum Gasteiger partial charge on any atom is -0.497 e. The summed E-state index contributed by atoms with van der Waals surface area (Å²) in [5, 5.41) is 5.83. The van der Waals surface area contributed by atoms with Crippen LogP contribution in [0.25, 0.3) is 0 Å². The van der Waals surface area contributed by atoms with E-state index >= 15 is 0 Å². The minimum absolute atomic E-state index is 0.222. The van der Waals surface area contributed by atoms with Gasteiger partial charge in [-0.15, -0.1) is 0 Å². The summed E-state index contributed by atoms with van der Waals surface area (Å²) in [5.74, 6) is 1.72. The molecule has 0 aromatic heterocycles. The number of carbonyl (C=O) groups is 1. The predicted molar refractivity (Wildman–Crippen MR) is 111 cm³/mol. The molecule has 0 saturated carbocycles. The molecule has 2 aromatic carbocycles. The molecule has 150 valence electrons. The number of carbonyl (C=O) groups excluding carboxylic acids is 1. The zero-order valence-corrected chi connectivity index (χ0v) is 16.8. The van der Waals surface area contributed by atoms with E-state index in [0.29, 0.717) is 29.6 Å². The largest absolute Gasteiger partial charge is 0.497 e. The summed E-state index contributed by atoms with van der Waals surface area (Å²) in [6, 6.07) is 13.8. The van der Waals surface area contributed by atoms with Crippen LogP contribution < -0.4 is 20.1 Å². The quantitative estimate of drug-likeness (QED) is 0.766. The second-order valence-electron chi connectivity index (χ2n) is 7.28. The maximum Gasteiger partial charge on any atom is 0.319 e. The van der Waals surface area contributed by atoms with Gasteiger partial charge in [-0.25, -0.2) is 4.79 Å². The summed E-state index contributed by atoms with van der Waals surface area (Å²) in [4.78, 5) is 14.7. The molecule has 1 aliphatic heterocycles. The molecule has 3 rings (SSSR count). The van der Waals surface area contributed by atoms with E-state index in [-0.39, 0.29) is 6.03 Å². The lowest BCUT2D eigenvalue weighted by Gasteiger charge is -2.17. The SMILES string of the molecule is COc1ccc(NC(=O)NCC2CCN(Cc3ccc(C)cc3)C2)c(OC)c1. The first-order valence-corrected chi connectivity index (χ1v) is 9.62. The van der Waals surface area contributed by atoms with Crippen molar-refractivity contribution < 1.29 is 14.3 Å². The van der Waals surface area contributed by atoms with Crippen molar-refractivity contribution in [1.29, 1.82) is 0 Å². The Morgan fingerprint density at radius 1 is 1.14 bits per heavy atom. The second-order valence-corrected chi connectivity index (χ2v) is 7.28. The number of anilines is 1. The number of likely N-dealkylation sites (tertiary alicyclic amines) is 1. The van der Waals surface area contributed by atoms with Crippen molar-refractivity contribution in [3.63, 3.8) is 0 Å². The van der Waals surface area contributed by atoms with Crippen molar-refractivity contribution in [3.8, 4) is 11.5 Å². The predicted octanol–water partition coefficient (Wildman–Crippen LogP) is 3.66. The summed E-state index contributed by atoms with van der Waals surface area (Å²) < 4.78 is 10.5. The average molecular weight is 383 g/mol. The van der Waals surface area contributed by atoms with Crippen molar-refractivity contribution in [3.05, 3.63) is 53.6 Å². The zero-order chi connectivity index (χ0) is 19.9. The van der Waals surface area contributed by atoms with Crippen molar-refractivity contribution >= 4 is 11.7 Å². The molecule has 2 aromatic rings. The Morgan fingerprint density at radius 3 is 2.64 bits per heavy atom. The molecule has 1 unspecified atom stereocenters. The minimum atomic E-state index is -0.222. The van der Waals surface area contributed by atoms with Crippen LogP contribution in [0.1, 0.15) is 17.5 Å². The smallest absolute Gasteiger partial charge is 0.319 e. The van der Waals surface area contributed by atoms with E-state index in [1.807, 2.05) is 0 Å². The normalized spacial score (nSPS) is 16.6. The maximum absolute atomic E-state index is 12.3. The molecule has 0 spiro atoms. The molecule has 0 radical (unpaired) electrons. The van der Waals surface area contributed by atoms with E-state index in [4.69, 9.17) is 9.47 Å². The Morgan fingerprint density at radius 2 is 1.93 bits per heavy atom. The first kappa shape index (κ1) is 20.0. The van der Waals surface area contributed by atoms with Crippen molar-refractivity contribution in [2.75, 3.05) is 39.2 Å². The van der Waals surface area contributed by atoms with Crippen molar-refractivity contribution in [1.82, 2.24) is 10.2 Å². The highest BCUT2D eigenvalue weighted by atomic mass is 16.5. The molecular weight excluding hydrogens is 354 g/mol. The number of nitrogens with one attached hydrogen (secondary N) is 2. The number of benzene rings is 2. The van der Waals surface area contributed by atoms with Gasteiger partial charge < -0.3 is 20.1 Å². The maximum atomic E-state index is 12.3. The van der Waals surface area contributed by atoms with Gasteiger partial charge in [0.2, 0.25) is 0 Å². The van der Waals surface area contributed by atoms with Crippen LogP contribution in [0.4, 0.5) is 10.5 Å². The fourth-order valence-electron chi connectivity index (χ4n) is 3.48. The Labute approximate surface area is 166 Å². The first-order valence-electron chi connectivity index (χ1n) is 9.62. The summed E-state index contributed by atoms with van der Waals surface area (Å²) in [5.41, 5.74) is 3.24. The monoisotopic (exact) mass is 383 g/mol. The van der Waals surface area contributed by atoms with E-state index in [2.05, 4.69) is 46.7 Å². The number of aryl methyl sites for hydroxylation is 1. The number of ether oxygens (including phenoxy) is 2. The van der Waals surface area contributed by atoms with Crippen LogP contribution in [0.3, 0.4) is 0 Å².